The standard InChI is InChI=1S/C15H13N3OS/c1-10-8-9-20-13(10)6-7-14-16-15(18-17-14)11-4-2-3-5-12(11)19/h2-9,19H,1H3,(H,16,17,18)/b7-6+. The van der Waals surface area contributed by atoms with Gasteiger partial charge in [-0.05, 0) is 48.2 Å². The molecule has 2 heterocycles. The van der Waals surface area contributed by atoms with Gasteiger partial charge < -0.3 is 5.11 Å². The average molecular weight is 283 g/mol. The molecule has 0 radical (unpaired) electrons. The van der Waals surface area contributed by atoms with Gasteiger partial charge in [0.1, 0.15) is 11.6 Å². The highest BCUT2D eigenvalue weighted by molar-refractivity contribution is 7.11. The van der Waals surface area contributed by atoms with E-state index in [-0.39, 0.29) is 5.75 Å². The van der Waals surface area contributed by atoms with Crippen molar-refractivity contribution in [3.05, 3.63) is 52.0 Å². The van der Waals surface area contributed by atoms with Crippen LogP contribution in [0, 0.1) is 6.92 Å². The number of phenols is 1. The van der Waals surface area contributed by atoms with Crippen LogP contribution in [0.3, 0.4) is 0 Å². The fraction of sp³-hybridized carbons (Fsp3) is 0.0667. The third kappa shape index (κ3) is 2.48. The second-order valence-corrected chi connectivity index (χ2v) is 5.31. The molecule has 100 valence electrons. The van der Waals surface area contributed by atoms with E-state index in [2.05, 4.69) is 33.6 Å². The van der Waals surface area contributed by atoms with E-state index in [1.54, 1.807) is 29.5 Å². The number of aryl methyl sites for hydroxylation is 1. The maximum atomic E-state index is 9.78. The summed E-state index contributed by atoms with van der Waals surface area (Å²) >= 11 is 1.69. The van der Waals surface area contributed by atoms with Crippen molar-refractivity contribution in [3.63, 3.8) is 0 Å². The normalized spacial score (nSPS) is 11.2. The molecule has 0 spiro atoms. The average Bonchev–Trinajstić information content (AvgIpc) is 3.06. The Hall–Kier alpha value is -2.40. The van der Waals surface area contributed by atoms with Crippen LogP contribution in [0.2, 0.25) is 0 Å². The molecule has 0 saturated heterocycles. The zero-order valence-corrected chi connectivity index (χ0v) is 11.7. The molecule has 20 heavy (non-hydrogen) atoms. The number of aromatic nitrogens is 3. The van der Waals surface area contributed by atoms with Crippen LogP contribution in [0.1, 0.15) is 16.3 Å². The first kappa shape index (κ1) is 12.6. The predicted octanol–water partition coefficient (Wildman–Crippen LogP) is 3.72. The predicted molar refractivity (Wildman–Crippen MR) is 81.5 cm³/mol. The zero-order valence-electron chi connectivity index (χ0n) is 10.9. The Morgan fingerprint density at radius 1 is 1.20 bits per heavy atom. The van der Waals surface area contributed by atoms with E-state index in [0.717, 1.165) is 0 Å². The van der Waals surface area contributed by atoms with Crippen LogP contribution < -0.4 is 0 Å². The van der Waals surface area contributed by atoms with E-state index < -0.39 is 0 Å². The van der Waals surface area contributed by atoms with Gasteiger partial charge in [-0.1, -0.05) is 12.1 Å². The Balaban J connectivity index is 1.86. The van der Waals surface area contributed by atoms with Crippen molar-refractivity contribution in [1.82, 2.24) is 15.2 Å². The van der Waals surface area contributed by atoms with Gasteiger partial charge in [0.25, 0.3) is 0 Å². The number of hydrogen-bond acceptors (Lipinski definition) is 4. The van der Waals surface area contributed by atoms with Gasteiger partial charge in [-0.3, -0.25) is 5.10 Å². The van der Waals surface area contributed by atoms with E-state index in [1.165, 1.54) is 10.4 Å². The van der Waals surface area contributed by atoms with Gasteiger partial charge in [0.15, 0.2) is 5.82 Å². The third-order valence-corrected chi connectivity index (χ3v) is 3.93. The minimum absolute atomic E-state index is 0.177. The topological polar surface area (TPSA) is 61.8 Å². The lowest BCUT2D eigenvalue weighted by Crippen LogP contribution is -1.81. The summed E-state index contributed by atoms with van der Waals surface area (Å²) in [6, 6.07) is 9.10. The maximum absolute atomic E-state index is 9.78. The van der Waals surface area contributed by atoms with Crippen molar-refractivity contribution in [3.8, 4) is 17.1 Å². The lowest BCUT2D eigenvalue weighted by atomic mass is 10.2. The quantitative estimate of drug-likeness (QED) is 0.770. The molecule has 0 amide bonds. The number of phenolic OH excluding ortho intramolecular Hbond substituents is 1. The Morgan fingerprint density at radius 2 is 2.05 bits per heavy atom. The molecule has 3 rings (SSSR count). The number of nitrogens with one attached hydrogen (secondary N) is 1. The lowest BCUT2D eigenvalue weighted by Gasteiger charge is -1.97. The van der Waals surface area contributed by atoms with Crippen molar-refractivity contribution in [2.24, 2.45) is 0 Å². The van der Waals surface area contributed by atoms with E-state index in [0.29, 0.717) is 17.2 Å². The monoisotopic (exact) mass is 283 g/mol. The van der Waals surface area contributed by atoms with Gasteiger partial charge >= 0.3 is 0 Å². The Bertz CT molecular complexity index is 758. The smallest absolute Gasteiger partial charge is 0.185 e. The summed E-state index contributed by atoms with van der Waals surface area (Å²) in [4.78, 5) is 5.56. The first-order valence-corrected chi connectivity index (χ1v) is 7.05. The second kappa shape index (κ2) is 5.30. The number of thiophene rings is 1. The number of rotatable bonds is 3. The van der Waals surface area contributed by atoms with Crippen molar-refractivity contribution >= 4 is 23.5 Å². The van der Waals surface area contributed by atoms with Gasteiger partial charge in [-0.25, -0.2) is 4.98 Å². The number of H-pyrrole nitrogens is 1. The first-order valence-electron chi connectivity index (χ1n) is 6.17. The molecule has 0 aliphatic heterocycles. The molecule has 3 aromatic rings. The zero-order chi connectivity index (χ0) is 13.9. The highest BCUT2D eigenvalue weighted by Crippen LogP contribution is 2.25. The molecule has 0 atom stereocenters. The molecule has 0 fully saturated rings. The molecular formula is C15H13N3OS. The minimum Gasteiger partial charge on any atom is -0.507 e. The molecule has 0 bridgehead atoms. The van der Waals surface area contributed by atoms with Crippen LogP contribution in [-0.4, -0.2) is 20.3 Å². The van der Waals surface area contributed by atoms with Gasteiger partial charge in [0.2, 0.25) is 0 Å². The summed E-state index contributed by atoms with van der Waals surface area (Å²) in [6.45, 7) is 2.07. The van der Waals surface area contributed by atoms with Gasteiger partial charge in [0.05, 0.1) is 5.56 Å². The molecule has 0 aliphatic carbocycles. The highest BCUT2D eigenvalue weighted by Gasteiger charge is 2.08. The van der Waals surface area contributed by atoms with E-state index in [1.807, 2.05) is 18.2 Å². The molecule has 2 N–H and O–H groups in total. The number of aromatic hydroxyl groups is 1. The fourth-order valence-electron chi connectivity index (χ4n) is 1.84. The number of hydrogen-bond donors (Lipinski definition) is 2. The largest absolute Gasteiger partial charge is 0.507 e. The van der Waals surface area contributed by atoms with Crippen LogP contribution in [0.25, 0.3) is 23.5 Å². The Kier molecular flexibility index (Phi) is 3.35. The summed E-state index contributed by atoms with van der Waals surface area (Å²) in [7, 11) is 0. The maximum Gasteiger partial charge on any atom is 0.185 e. The van der Waals surface area contributed by atoms with Crippen molar-refractivity contribution in [2.75, 3.05) is 0 Å². The third-order valence-electron chi connectivity index (χ3n) is 2.94. The lowest BCUT2D eigenvalue weighted by molar-refractivity contribution is 0.477. The van der Waals surface area contributed by atoms with Gasteiger partial charge in [-0.15, -0.1) is 11.3 Å². The molecule has 0 saturated carbocycles. The van der Waals surface area contributed by atoms with Crippen LogP contribution in [0.15, 0.2) is 35.7 Å². The number of aromatic amines is 1. The highest BCUT2D eigenvalue weighted by atomic mass is 32.1. The van der Waals surface area contributed by atoms with E-state index in [9.17, 15) is 5.11 Å². The van der Waals surface area contributed by atoms with Crippen molar-refractivity contribution < 1.29 is 5.11 Å². The van der Waals surface area contributed by atoms with Crippen LogP contribution in [-0.2, 0) is 0 Å². The number of nitrogens with zero attached hydrogens (tertiary/aromatic N) is 2. The molecule has 0 aliphatic rings. The molecule has 0 unspecified atom stereocenters. The van der Waals surface area contributed by atoms with Crippen LogP contribution in [0.5, 0.6) is 5.75 Å². The minimum atomic E-state index is 0.177. The summed E-state index contributed by atoms with van der Waals surface area (Å²) in [5, 5.41) is 18.8. The van der Waals surface area contributed by atoms with Crippen LogP contribution in [0.4, 0.5) is 0 Å². The molecule has 4 nitrogen and oxygen atoms in total. The SMILES string of the molecule is Cc1ccsc1/C=C/c1nc(-c2ccccc2O)n[nH]1. The first-order chi connectivity index (χ1) is 9.74. The van der Waals surface area contributed by atoms with E-state index in [4.69, 9.17) is 0 Å². The van der Waals surface area contributed by atoms with Crippen molar-refractivity contribution in [1.29, 1.82) is 0 Å². The van der Waals surface area contributed by atoms with Crippen molar-refractivity contribution in [2.45, 2.75) is 6.92 Å². The molecular weight excluding hydrogens is 270 g/mol. The Morgan fingerprint density at radius 3 is 2.80 bits per heavy atom. The van der Waals surface area contributed by atoms with Gasteiger partial charge in [0, 0.05) is 4.88 Å². The second-order valence-electron chi connectivity index (χ2n) is 4.36. The molecule has 1 aromatic carbocycles. The van der Waals surface area contributed by atoms with Crippen LogP contribution >= 0.6 is 11.3 Å². The summed E-state index contributed by atoms with van der Waals surface area (Å²) in [6.07, 6.45) is 3.89. The van der Waals surface area contributed by atoms with E-state index >= 15 is 0 Å². The number of benzene rings is 1. The number of para-hydroxylation sites is 1. The van der Waals surface area contributed by atoms with Gasteiger partial charge in [-0.2, -0.15) is 5.10 Å². The summed E-state index contributed by atoms with van der Waals surface area (Å²) < 4.78 is 0. The Labute approximate surface area is 120 Å². The summed E-state index contributed by atoms with van der Waals surface area (Å²) in [5.74, 6) is 1.33. The molecule has 2 aromatic heterocycles. The molecule has 5 heteroatoms. The summed E-state index contributed by atoms with van der Waals surface area (Å²) in [5.41, 5.74) is 1.86. The fourth-order valence-corrected chi connectivity index (χ4v) is 2.66.